The summed E-state index contributed by atoms with van der Waals surface area (Å²) >= 11 is 0. The normalized spacial score (nSPS) is 19.6. The molecule has 1 atom stereocenters. The van der Waals surface area contributed by atoms with Crippen molar-refractivity contribution in [2.75, 3.05) is 25.1 Å². The Morgan fingerprint density at radius 3 is 3.06 bits per heavy atom. The van der Waals surface area contributed by atoms with E-state index < -0.39 is 0 Å². The van der Waals surface area contributed by atoms with Crippen LogP contribution in [0.3, 0.4) is 0 Å². The van der Waals surface area contributed by atoms with Gasteiger partial charge >= 0.3 is 0 Å². The Bertz CT molecular complexity index is 373. The summed E-state index contributed by atoms with van der Waals surface area (Å²) in [6.45, 7) is 6.66. The highest BCUT2D eigenvalue weighted by molar-refractivity contribution is 5.58. The summed E-state index contributed by atoms with van der Waals surface area (Å²) in [5, 5.41) is 3.54. The molecule has 3 nitrogen and oxygen atoms in total. The van der Waals surface area contributed by atoms with Crippen LogP contribution >= 0.6 is 0 Å². The minimum Gasteiger partial charge on any atom is -0.491 e. The zero-order valence-electron chi connectivity index (χ0n) is 11.4. The highest BCUT2D eigenvalue weighted by atomic mass is 16.5. The highest BCUT2D eigenvalue weighted by Gasteiger charge is 2.15. The SMILES string of the molecule is CCCOc1cc(C)ccc1NC1CCCOC1. The number of hydrogen-bond donors (Lipinski definition) is 1. The highest BCUT2D eigenvalue weighted by Crippen LogP contribution is 2.27. The summed E-state index contributed by atoms with van der Waals surface area (Å²) in [5.41, 5.74) is 2.32. The molecule has 1 fully saturated rings. The Labute approximate surface area is 109 Å². The van der Waals surface area contributed by atoms with E-state index in [0.29, 0.717) is 6.04 Å². The van der Waals surface area contributed by atoms with E-state index in [0.717, 1.165) is 44.1 Å². The van der Waals surface area contributed by atoms with Gasteiger partial charge in [-0.05, 0) is 43.9 Å². The van der Waals surface area contributed by atoms with Crippen LogP contribution in [-0.4, -0.2) is 25.9 Å². The lowest BCUT2D eigenvalue weighted by Crippen LogP contribution is -2.30. The van der Waals surface area contributed by atoms with Crippen LogP contribution in [-0.2, 0) is 4.74 Å². The zero-order chi connectivity index (χ0) is 12.8. The topological polar surface area (TPSA) is 30.5 Å². The van der Waals surface area contributed by atoms with Gasteiger partial charge in [-0.1, -0.05) is 13.0 Å². The van der Waals surface area contributed by atoms with Crippen LogP contribution in [0.2, 0.25) is 0 Å². The van der Waals surface area contributed by atoms with E-state index in [1.165, 1.54) is 12.0 Å². The van der Waals surface area contributed by atoms with Gasteiger partial charge < -0.3 is 14.8 Å². The molecule has 0 aliphatic carbocycles. The number of ether oxygens (including phenoxy) is 2. The van der Waals surface area contributed by atoms with Gasteiger partial charge in [-0.3, -0.25) is 0 Å². The van der Waals surface area contributed by atoms with Crippen molar-refractivity contribution in [3.8, 4) is 5.75 Å². The lowest BCUT2D eigenvalue weighted by Gasteiger charge is -2.25. The maximum absolute atomic E-state index is 5.81. The Hall–Kier alpha value is -1.22. The fraction of sp³-hybridized carbons (Fsp3) is 0.600. The van der Waals surface area contributed by atoms with Crippen molar-refractivity contribution in [2.24, 2.45) is 0 Å². The van der Waals surface area contributed by atoms with Crippen molar-refractivity contribution < 1.29 is 9.47 Å². The maximum atomic E-state index is 5.81. The average Bonchev–Trinajstić information content (AvgIpc) is 2.40. The number of hydrogen-bond acceptors (Lipinski definition) is 3. The van der Waals surface area contributed by atoms with Crippen LogP contribution in [0.4, 0.5) is 5.69 Å². The average molecular weight is 249 g/mol. The van der Waals surface area contributed by atoms with Crippen LogP contribution in [0.25, 0.3) is 0 Å². The molecule has 0 saturated carbocycles. The Balaban J connectivity index is 2.04. The first-order valence-corrected chi connectivity index (χ1v) is 6.87. The van der Waals surface area contributed by atoms with E-state index in [2.05, 4.69) is 37.4 Å². The smallest absolute Gasteiger partial charge is 0.142 e. The predicted octanol–water partition coefficient (Wildman–Crippen LogP) is 3.37. The second-order valence-corrected chi connectivity index (χ2v) is 4.91. The lowest BCUT2D eigenvalue weighted by molar-refractivity contribution is 0.0875. The minimum absolute atomic E-state index is 0.408. The second-order valence-electron chi connectivity index (χ2n) is 4.91. The summed E-state index contributed by atoms with van der Waals surface area (Å²) in [6.07, 6.45) is 3.33. The lowest BCUT2D eigenvalue weighted by atomic mass is 10.1. The molecule has 1 unspecified atom stereocenters. The van der Waals surface area contributed by atoms with Gasteiger partial charge in [0, 0.05) is 12.6 Å². The summed E-state index contributed by atoms with van der Waals surface area (Å²) in [4.78, 5) is 0. The van der Waals surface area contributed by atoms with E-state index in [1.807, 2.05) is 0 Å². The molecule has 0 bridgehead atoms. The molecule has 1 aromatic rings. The molecule has 0 spiro atoms. The summed E-state index contributed by atoms with van der Waals surface area (Å²) in [5.74, 6) is 0.961. The Kier molecular flexibility index (Phi) is 4.88. The van der Waals surface area contributed by atoms with Gasteiger partial charge in [0.1, 0.15) is 5.75 Å². The van der Waals surface area contributed by atoms with Gasteiger partial charge in [0.15, 0.2) is 0 Å². The van der Waals surface area contributed by atoms with Gasteiger partial charge in [0.2, 0.25) is 0 Å². The van der Waals surface area contributed by atoms with Crippen molar-refractivity contribution in [2.45, 2.75) is 39.2 Å². The molecule has 1 aromatic carbocycles. The van der Waals surface area contributed by atoms with Crippen molar-refractivity contribution in [1.29, 1.82) is 0 Å². The van der Waals surface area contributed by atoms with Gasteiger partial charge in [-0.15, -0.1) is 0 Å². The number of rotatable bonds is 5. The molecule has 0 amide bonds. The molecule has 18 heavy (non-hydrogen) atoms. The largest absolute Gasteiger partial charge is 0.491 e. The number of anilines is 1. The Morgan fingerprint density at radius 1 is 1.44 bits per heavy atom. The molecule has 1 aliphatic heterocycles. The molecular formula is C15H23NO2. The first-order chi connectivity index (χ1) is 8.79. The molecule has 1 aliphatic rings. The third kappa shape index (κ3) is 3.64. The molecule has 1 N–H and O–H groups in total. The number of nitrogens with one attached hydrogen (secondary N) is 1. The third-order valence-corrected chi connectivity index (χ3v) is 3.12. The molecule has 0 aromatic heterocycles. The molecule has 1 saturated heterocycles. The second kappa shape index (κ2) is 6.64. The van der Waals surface area contributed by atoms with Gasteiger partial charge in [0.05, 0.1) is 18.9 Å². The van der Waals surface area contributed by atoms with Crippen LogP contribution < -0.4 is 10.1 Å². The fourth-order valence-electron chi connectivity index (χ4n) is 2.15. The predicted molar refractivity (Wildman–Crippen MR) is 74.4 cm³/mol. The molecule has 1 heterocycles. The summed E-state index contributed by atoms with van der Waals surface area (Å²) < 4.78 is 11.3. The van der Waals surface area contributed by atoms with Gasteiger partial charge in [-0.25, -0.2) is 0 Å². The summed E-state index contributed by atoms with van der Waals surface area (Å²) in [6, 6.07) is 6.73. The molecule has 3 heteroatoms. The fourth-order valence-corrected chi connectivity index (χ4v) is 2.15. The van der Waals surface area contributed by atoms with Crippen molar-refractivity contribution in [1.82, 2.24) is 0 Å². The van der Waals surface area contributed by atoms with Crippen molar-refractivity contribution in [3.63, 3.8) is 0 Å². The molecule has 2 rings (SSSR count). The van der Waals surface area contributed by atoms with Crippen molar-refractivity contribution >= 4 is 5.69 Å². The zero-order valence-corrected chi connectivity index (χ0v) is 11.4. The van der Waals surface area contributed by atoms with E-state index in [-0.39, 0.29) is 0 Å². The van der Waals surface area contributed by atoms with Crippen LogP contribution in [0, 0.1) is 6.92 Å². The Morgan fingerprint density at radius 2 is 2.33 bits per heavy atom. The minimum atomic E-state index is 0.408. The van der Waals surface area contributed by atoms with Crippen LogP contribution in [0.1, 0.15) is 31.7 Å². The first kappa shape index (κ1) is 13.2. The van der Waals surface area contributed by atoms with Gasteiger partial charge in [-0.2, -0.15) is 0 Å². The number of aryl methyl sites for hydroxylation is 1. The van der Waals surface area contributed by atoms with E-state index in [4.69, 9.17) is 9.47 Å². The molecule has 100 valence electrons. The molecule has 0 radical (unpaired) electrons. The quantitative estimate of drug-likeness (QED) is 0.867. The standard InChI is InChI=1S/C15H23NO2/c1-3-8-18-15-10-12(2)6-7-14(15)16-13-5-4-9-17-11-13/h6-7,10,13,16H,3-5,8-9,11H2,1-2H3. The molecular weight excluding hydrogens is 226 g/mol. The van der Waals surface area contributed by atoms with Crippen LogP contribution in [0.15, 0.2) is 18.2 Å². The van der Waals surface area contributed by atoms with E-state index >= 15 is 0 Å². The van der Waals surface area contributed by atoms with Gasteiger partial charge in [0.25, 0.3) is 0 Å². The summed E-state index contributed by atoms with van der Waals surface area (Å²) in [7, 11) is 0. The van der Waals surface area contributed by atoms with Crippen LogP contribution in [0.5, 0.6) is 5.75 Å². The monoisotopic (exact) mass is 249 g/mol. The number of benzene rings is 1. The maximum Gasteiger partial charge on any atom is 0.142 e. The van der Waals surface area contributed by atoms with E-state index in [9.17, 15) is 0 Å². The van der Waals surface area contributed by atoms with Crippen molar-refractivity contribution in [3.05, 3.63) is 23.8 Å². The first-order valence-electron chi connectivity index (χ1n) is 6.87. The van der Waals surface area contributed by atoms with E-state index in [1.54, 1.807) is 0 Å². The third-order valence-electron chi connectivity index (χ3n) is 3.12.